The third kappa shape index (κ3) is 4.48. The molecule has 0 aliphatic carbocycles. The maximum absolute atomic E-state index is 14.1. The maximum atomic E-state index is 14.1. The molecule has 2 aromatic carbocycles. The van der Waals surface area contributed by atoms with Crippen molar-refractivity contribution in [2.45, 2.75) is 12.8 Å². The number of hydrogen-bond acceptors (Lipinski definition) is 3. The van der Waals surface area contributed by atoms with Crippen LogP contribution in [0.25, 0.3) is 11.1 Å². The molecule has 0 atom stereocenters. The quantitative estimate of drug-likeness (QED) is 0.837. The molecule has 0 aromatic heterocycles. The van der Waals surface area contributed by atoms with Gasteiger partial charge in [-0.05, 0) is 49.5 Å². The lowest BCUT2D eigenvalue weighted by Crippen LogP contribution is -2.40. The Hall–Kier alpha value is -2.24. The number of benzene rings is 2. The largest absolute Gasteiger partial charge is 0.396 e. The van der Waals surface area contributed by atoms with Gasteiger partial charge in [0.15, 0.2) is 0 Å². The summed E-state index contributed by atoms with van der Waals surface area (Å²) in [5.41, 5.74) is 1.52. The zero-order valence-corrected chi connectivity index (χ0v) is 14.8. The minimum absolute atomic E-state index is 0.186. The monoisotopic (exact) mass is 356 g/mol. The minimum Gasteiger partial charge on any atom is -0.396 e. The molecule has 1 saturated heterocycles. The third-order valence-electron chi connectivity index (χ3n) is 5.01. The number of nitrogens with one attached hydrogen (secondary N) is 1. The number of likely N-dealkylation sites (tertiary alicyclic amines) is 1. The van der Waals surface area contributed by atoms with Gasteiger partial charge >= 0.3 is 0 Å². The van der Waals surface area contributed by atoms with Crippen LogP contribution in [0.3, 0.4) is 0 Å². The van der Waals surface area contributed by atoms with Gasteiger partial charge in [-0.25, -0.2) is 4.39 Å². The first-order valence-corrected chi connectivity index (χ1v) is 9.14. The second-order valence-electron chi connectivity index (χ2n) is 6.75. The molecule has 1 heterocycles. The van der Waals surface area contributed by atoms with Crippen molar-refractivity contribution < 1.29 is 14.3 Å². The Labute approximate surface area is 153 Å². The molecule has 0 unspecified atom stereocenters. The van der Waals surface area contributed by atoms with Crippen molar-refractivity contribution in [3.63, 3.8) is 0 Å². The number of hydrogen-bond donors (Lipinski definition) is 2. The van der Waals surface area contributed by atoms with Crippen LogP contribution < -0.4 is 5.32 Å². The number of aliphatic hydroxyl groups excluding tert-OH is 1. The van der Waals surface area contributed by atoms with Crippen LogP contribution in [0.5, 0.6) is 0 Å². The van der Waals surface area contributed by atoms with Gasteiger partial charge in [0, 0.05) is 30.8 Å². The van der Waals surface area contributed by atoms with Crippen molar-refractivity contribution in [1.29, 1.82) is 0 Å². The summed E-state index contributed by atoms with van der Waals surface area (Å²) in [4.78, 5) is 14.9. The summed E-state index contributed by atoms with van der Waals surface area (Å²) in [6.45, 7) is 3.50. The normalized spacial score (nSPS) is 15.8. The maximum Gasteiger partial charge on any atom is 0.251 e. The van der Waals surface area contributed by atoms with E-state index in [0.717, 1.165) is 32.5 Å². The zero-order chi connectivity index (χ0) is 18.4. The average Bonchev–Trinajstić information content (AvgIpc) is 2.69. The molecule has 1 aliphatic heterocycles. The van der Waals surface area contributed by atoms with Gasteiger partial charge in [0.25, 0.3) is 5.91 Å². The lowest BCUT2D eigenvalue weighted by molar-refractivity contribution is 0.0939. The Morgan fingerprint density at radius 2 is 1.73 bits per heavy atom. The van der Waals surface area contributed by atoms with E-state index < -0.39 is 0 Å². The molecule has 1 fully saturated rings. The zero-order valence-electron chi connectivity index (χ0n) is 14.8. The Balaban J connectivity index is 1.60. The standard InChI is InChI=1S/C21H25FN2O2/c22-20-8-4-3-6-18(20)17-5-1-2-7-19(17)21(26)23-11-14-24-12-9-16(15-25)10-13-24/h1-8,16,25H,9-15H2,(H,23,26). The first kappa shape index (κ1) is 18.5. The fraction of sp³-hybridized carbons (Fsp3) is 0.381. The molecular weight excluding hydrogens is 331 g/mol. The van der Waals surface area contributed by atoms with Gasteiger partial charge in [-0.1, -0.05) is 36.4 Å². The molecule has 26 heavy (non-hydrogen) atoms. The van der Waals surface area contributed by atoms with Gasteiger partial charge < -0.3 is 15.3 Å². The number of piperidine rings is 1. The summed E-state index contributed by atoms with van der Waals surface area (Å²) in [5, 5.41) is 12.1. The summed E-state index contributed by atoms with van der Waals surface area (Å²) >= 11 is 0. The van der Waals surface area contributed by atoms with Gasteiger partial charge in [-0.3, -0.25) is 4.79 Å². The topological polar surface area (TPSA) is 52.6 Å². The van der Waals surface area contributed by atoms with Crippen LogP contribution in [-0.4, -0.2) is 48.7 Å². The van der Waals surface area contributed by atoms with Crippen molar-refractivity contribution in [1.82, 2.24) is 10.2 Å². The molecule has 0 spiro atoms. The number of amides is 1. The summed E-state index contributed by atoms with van der Waals surface area (Å²) in [6.07, 6.45) is 2.00. The number of aliphatic hydroxyl groups is 1. The number of nitrogens with zero attached hydrogens (tertiary/aromatic N) is 1. The van der Waals surface area contributed by atoms with Crippen LogP contribution >= 0.6 is 0 Å². The number of halogens is 1. The van der Waals surface area contributed by atoms with E-state index in [0.29, 0.717) is 29.2 Å². The van der Waals surface area contributed by atoms with Gasteiger partial charge in [0.1, 0.15) is 5.82 Å². The Kier molecular flexibility index (Phi) is 6.36. The number of carbonyl (C=O) groups excluding carboxylic acids is 1. The SMILES string of the molecule is O=C(NCCN1CCC(CO)CC1)c1ccccc1-c1ccccc1F. The lowest BCUT2D eigenvalue weighted by atomic mass is 9.98. The predicted molar refractivity (Wildman–Crippen MR) is 100 cm³/mol. The lowest BCUT2D eigenvalue weighted by Gasteiger charge is -2.30. The molecule has 0 saturated carbocycles. The van der Waals surface area contributed by atoms with Gasteiger partial charge in [-0.15, -0.1) is 0 Å². The van der Waals surface area contributed by atoms with Crippen molar-refractivity contribution in [3.05, 3.63) is 59.9 Å². The van der Waals surface area contributed by atoms with E-state index in [1.807, 2.05) is 6.07 Å². The van der Waals surface area contributed by atoms with Crippen LogP contribution in [0.15, 0.2) is 48.5 Å². The molecule has 4 nitrogen and oxygen atoms in total. The van der Waals surface area contributed by atoms with Crippen LogP contribution in [-0.2, 0) is 0 Å². The second-order valence-corrected chi connectivity index (χ2v) is 6.75. The Morgan fingerprint density at radius 3 is 2.42 bits per heavy atom. The van der Waals surface area contributed by atoms with Gasteiger partial charge in [-0.2, -0.15) is 0 Å². The van der Waals surface area contributed by atoms with Crippen molar-refractivity contribution >= 4 is 5.91 Å². The molecule has 1 amide bonds. The molecule has 0 radical (unpaired) electrons. The molecule has 3 rings (SSSR count). The highest BCUT2D eigenvalue weighted by atomic mass is 19.1. The molecule has 5 heteroatoms. The molecule has 0 bridgehead atoms. The second kappa shape index (κ2) is 8.92. The van der Waals surface area contributed by atoms with Gasteiger partial charge in [0.05, 0.1) is 0 Å². The molecule has 138 valence electrons. The highest BCUT2D eigenvalue weighted by Gasteiger charge is 2.19. The molecule has 1 aliphatic rings. The molecular formula is C21H25FN2O2. The van der Waals surface area contributed by atoms with Crippen LogP contribution in [0.1, 0.15) is 23.2 Å². The van der Waals surface area contributed by atoms with E-state index in [2.05, 4.69) is 10.2 Å². The minimum atomic E-state index is -0.334. The first-order valence-electron chi connectivity index (χ1n) is 9.14. The first-order chi connectivity index (χ1) is 12.7. The van der Waals surface area contributed by atoms with E-state index in [1.54, 1.807) is 36.4 Å². The van der Waals surface area contributed by atoms with Crippen LogP contribution in [0.4, 0.5) is 4.39 Å². The van der Waals surface area contributed by atoms with E-state index >= 15 is 0 Å². The fourth-order valence-electron chi connectivity index (χ4n) is 3.41. The van der Waals surface area contributed by atoms with Gasteiger partial charge in [0.2, 0.25) is 0 Å². The number of rotatable bonds is 6. The Bertz CT molecular complexity index is 742. The Morgan fingerprint density at radius 1 is 1.08 bits per heavy atom. The fourth-order valence-corrected chi connectivity index (χ4v) is 3.41. The molecule has 2 N–H and O–H groups in total. The summed E-state index contributed by atoms with van der Waals surface area (Å²) in [7, 11) is 0. The van der Waals surface area contributed by atoms with Crippen LogP contribution in [0, 0.1) is 11.7 Å². The summed E-state index contributed by atoms with van der Waals surface area (Å²) in [6, 6.07) is 13.6. The number of carbonyl (C=O) groups is 1. The average molecular weight is 356 g/mol. The summed E-state index contributed by atoms with van der Waals surface area (Å²) < 4.78 is 14.1. The van der Waals surface area contributed by atoms with Crippen molar-refractivity contribution in [2.24, 2.45) is 5.92 Å². The van der Waals surface area contributed by atoms with Crippen molar-refractivity contribution in [2.75, 3.05) is 32.8 Å². The van der Waals surface area contributed by atoms with E-state index in [-0.39, 0.29) is 18.3 Å². The highest BCUT2D eigenvalue weighted by Crippen LogP contribution is 2.26. The predicted octanol–water partition coefficient (Wildman–Crippen LogP) is 2.93. The van der Waals surface area contributed by atoms with Crippen molar-refractivity contribution in [3.8, 4) is 11.1 Å². The molecule has 2 aromatic rings. The highest BCUT2D eigenvalue weighted by molar-refractivity contribution is 6.00. The summed E-state index contributed by atoms with van der Waals surface area (Å²) in [5.74, 6) is -0.109. The van der Waals surface area contributed by atoms with E-state index in [9.17, 15) is 14.3 Å². The van der Waals surface area contributed by atoms with Crippen LogP contribution in [0.2, 0.25) is 0 Å². The smallest absolute Gasteiger partial charge is 0.251 e. The van der Waals surface area contributed by atoms with E-state index in [1.165, 1.54) is 6.07 Å². The van der Waals surface area contributed by atoms with E-state index in [4.69, 9.17) is 0 Å². The third-order valence-corrected chi connectivity index (χ3v) is 5.01.